The molecular weight excluding hydrogens is 228 g/mol. The maximum Gasteiger partial charge on any atom is 0.305 e. The van der Waals surface area contributed by atoms with Crippen LogP contribution in [-0.4, -0.2) is 49.7 Å². The van der Waals surface area contributed by atoms with Gasteiger partial charge in [-0.05, 0) is 46.2 Å². The van der Waals surface area contributed by atoms with Crippen molar-refractivity contribution in [2.45, 2.75) is 52.1 Å². The van der Waals surface area contributed by atoms with E-state index in [0.717, 1.165) is 19.5 Å². The molecule has 106 valence electrons. The zero-order chi connectivity index (χ0) is 13.5. The third-order valence-electron chi connectivity index (χ3n) is 3.88. The van der Waals surface area contributed by atoms with Crippen LogP contribution in [0.3, 0.4) is 0 Å². The molecule has 3 atom stereocenters. The normalized spacial score (nSPS) is 29.2. The second-order valence-electron chi connectivity index (χ2n) is 5.47. The van der Waals surface area contributed by atoms with Gasteiger partial charge in [0, 0.05) is 25.0 Å². The number of nitrogens with zero attached hydrogens (tertiary/aromatic N) is 1. The van der Waals surface area contributed by atoms with Crippen molar-refractivity contribution in [3.05, 3.63) is 0 Å². The number of hydrogen-bond acceptors (Lipinski definition) is 4. The van der Waals surface area contributed by atoms with Gasteiger partial charge in [0.25, 0.3) is 0 Å². The number of carbonyl (C=O) groups excluding carboxylic acids is 1. The van der Waals surface area contributed by atoms with Gasteiger partial charge in [0.05, 0.1) is 6.61 Å². The van der Waals surface area contributed by atoms with Gasteiger partial charge >= 0.3 is 5.97 Å². The molecule has 0 radical (unpaired) electrons. The SMILES string of the molecule is CCOC(=O)CCCNC1CC(C)N(C)CC1C. The molecule has 0 aliphatic carbocycles. The van der Waals surface area contributed by atoms with Crippen molar-refractivity contribution < 1.29 is 9.53 Å². The minimum atomic E-state index is -0.0795. The Bertz CT molecular complexity index is 258. The number of likely N-dealkylation sites (tertiary alicyclic amines) is 1. The molecule has 0 aromatic carbocycles. The molecule has 0 saturated carbocycles. The standard InChI is InChI=1S/C14H28N2O2/c1-5-18-14(17)7-6-8-15-13-9-12(3)16(4)10-11(13)2/h11-13,15H,5-10H2,1-4H3. The van der Waals surface area contributed by atoms with Crippen LogP contribution in [0.2, 0.25) is 0 Å². The highest BCUT2D eigenvalue weighted by Gasteiger charge is 2.28. The number of ether oxygens (including phenoxy) is 1. The zero-order valence-electron chi connectivity index (χ0n) is 12.2. The number of esters is 1. The van der Waals surface area contributed by atoms with Gasteiger partial charge in [-0.2, -0.15) is 0 Å². The van der Waals surface area contributed by atoms with E-state index in [2.05, 4.69) is 31.1 Å². The number of hydrogen-bond donors (Lipinski definition) is 1. The first-order chi connectivity index (χ1) is 8.54. The largest absolute Gasteiger partial charge is 0.466 e. The summed E-state index contributed by atoms with van der Waals surface area (Å²) in [6.45, 7) is 8.96. The van der Waals surface area contributed by atoms with E-state index in [1.807, 2.05) is 6.92 Å². The highest BCUT2D eigenvalue weighted by atomic mass is 16.5. The fourth-order valence-corrected chi connectivity index (χ4v) is 2.58. The summed E-state index contributed by atoms with van der Waals surface area (Å²) in [5.74, 6) is 0.595. The van der Waals surface area contributed by atoms with Crippen LogP contribution in [0.5, 0.6) is 0 Å². The van der Waals surface area contributed by atoms with E-state index in [1.165, 1.54) is 6.42 Å². The van der Waals surface area contributed by atoms with Crippen molar-refractivity contribution in [1.29, 1.82) is 0 Å². The molecular formula is C14H28N2O2. The van der Waals surface area contributed by atoms with Crippen molar-refractivity contribution >= 4 is 5.97 Å². The van der Waals surface area contributed by atoms with Crippen molar-refractivity contribution in [2.24, 2.45) is 5.92 Å². The van der Waals surface area contributed by atoms with Gasteiger partial charge in [-0.15, -0.1) is 0 Å². The summed E-state index contributed by atoms with van der Waals surface area (Å²) in [4.78, 5) is 13.6. The van der Waals surface area contributed by atoms with Crippen molar-refractivity contribution in [1.82, 2.24) is 10.2 Å². The van der Waals surface area contributed by atoms with Crippen LogP contribution < -0.4 is 5.32 Å². The van der Waals surface area contributed by atoms with Gasteiger partial charge < -0.3 is 15.0 Å². The summed E-state index contributed by atoms with van der Waals surface area (Å²) in [6, 6.07) is 1.22. The van der Waals surface area contributed by atoms with Crippen LogP contribution in [-0.2, 0) is 9.53 Å². The monoisotopic (exact) mass is 256 g/mol. The number of nitrogens with one attached hydrogen (secondary N) is 1. The molecule has 0 spiro atoms. The number of carbonyl (C=O) groups is 1. The molecule has 3 unspecified atom stereocenters. The summed E-state index contributed by atoms with van der Waals surface area (Å²) in [5, 5.41) is 3.59. The van der Waals surface area contributed by atoms with Crippen molar-refractivity contribution in [2.75, 3.05) is 26.7 Å². The van der Waals surface area contributed by atoms with Gasteiger partial charge in [-0.1, -0.05) is 6.92 Å². The third kappa shape index (κ3) is 4.94. The van der Waals surface area contributed by atoms with E-state index < -0.39 is 0 Å². The summed E-state index contributed by atoms with van der Waals surface area (Å²) in [7, 11) is 2.19. The van der Waals surface area contributed by atoms with E-state index in [4.69, 9.17) is 4.74 Å². The van der Waals surface area contributed by atoms with E-state index in [9.17, 15) is 4.79 Å². The molecule has 0 amide bonds. The number of rotatable bonds is 6. The molecule has 1 heterocycles. The minimum Gasteiger partial charge on any atom is -0.466 e. The lowest BCUT2D eigenvalue weighted by atomic mass is 9.90. The van der Waals surface area contributed by atoms with Crippen LogP contribution in [0.1, 0.15) is 40.0 Å². The molecule has 1 aliphatic rings. The molecule has 1 aliphatic heterocycles. The topological polar surface area (TPSA) is 41.6 Å². The highest BCUT2D eigenvalue weighted by Crippen LogP contribution is 2.20. The van der Waals surface area contributed by atoms with Crippen LogP contribution in [0.4, 0.5) is 0 Å². The lowest BCUT2D eigenvalue weighted by Crippen LogP contribution is -2.51. The lowest BCUT2D eigenvalue weighted by Gasteiger charge is -2.40. The van der Waals surface area contributed by atoms with Crippen molar-refractivity contribution in [3.8, 4) is 0 Å². The molecule has 0 aromatic rings. The van der Waals surface area contributed by atoms with E-state index >= 15 is 0 Å². The third-order valence-corrected chi connectivity index (χ3v) is 3.88. The first-order valence-corrected chi connectivity index (χ1v) is 7.13. The second-order valence-corrected chi connectivity index (χ2v) is 5.47. The zero-order valence-corrected chi connectivity index (χ0v) is 12.2. The Morgan fingerprint density at radius 2 is 2.17 bits per heavy atom. The summed E-state index contributed by atoms with van der Waals surface area (Å²) < 4.78 is 4.91. The van der Waals surface area contributed by atoms with E-state index in [-0.39, 0.29) is 5.97 Å². The smallest absolute Gasteiger partial charge is 0.305 e. The molecule has 1 N–H and O–H groups in total. The predicted octanol–water partition coefficient (Wildman–Crippen LogP) is 1.65. The molecule has 0 bridgehead atoms. The molecule has 1 rings (SSSR count). The van der Waals surface area contributed by atoms with Gasteiger partial charge in [0.1, 0.15) is 0 Å². The Morgan fingerprint density at radius 3 is 2.83 bits per heavy atom. The first-order valence-electron chi connectivity index (χ1n) is 7.13. The molecule has 1 saturated heterocycles. The lowest BCUT2D eigenvalue weighted by molar-refractivity contribution is -0.143. The Balaban J connectivity index is 2.17. The fraction of sp³-hybridized carbons (Fsp3) is 0.929. The van der Waals surface area contributed by atoms with E-state index in [1.54, 1.807) is 0 Å². The summed E-state index contributed by atoms with van der Waals surface area (Å²) in [5.41, 5.74) is 0. The Labute approximate surface area is 111 Å². The van der Waals surface area contributed by atoms with Crippen LogP contribution >= 0.6 is 0 Å². The first kappa shape index (κ1) is 15.4. The van der Waals surface area contributed by atoms with Gasteiger partial charge in [0.2, 0.25) is 0 Å². The van der Waals surface area contributed by atoms with E-state index in [0.29, 0.717) is 31.0 Å². The van der Waals surface area contributed by atoms with Gasteiger partial charge in [-0.25, -0.2) is 0 Å². The second kappa shape index (κ2) is 7.74. The highest BCUT2D eigenvalue weighted by molar-refractivity contribution is 5.69. The average molecular weight is 256 g/mol. The Hall–Kier alpha value is -0.610. The molecule has 4 nitrogen and oxygen atoms in total. The van der Waals surface area contributed by atoms with Gasteiger partial charge in [0.15, 0.2) is 0 Å². The summed E-state index contributed by atoms with van der Waals surface area (Å²) >= 11 is 0. The Kier molecular flexibility index (Phi) is 6.65. The predicted molar refractivity (Wildman–Crippen MR) is 73.5 cm³/mol. The molecule has 4 heteroatoms. The average Bonchev–Trinajstić information content (AvgIpc) is 2.31. The van der Waals surface area contributed by atoms with Crippen LogP contribution in [0, 0.1) is 5.92 Å². The molecule has 0 aromatic heterocycles. The minimum absolute atomic E-state index is 0.0795. The van der Waals surface area contributed by atoms with Crippen LogP contribution in [0.15, 0.2) is 0 Å². The quantitative estimate of drug-likeness (QED) is 0.579. The molecule has 18 heavy (non-hydrogen) atoms. The molecule has 1 fully saturated rings. The summed E-state index contributed by atoms with van der Waals surface area (Å²) in [6.07, 6.45) is 2.58. The Morgan fingerprint density at radius 1 is 1.44 bits per heavy atom. The van der Waals surface area contributed by atoms with Crippen molar-refractivity contribution in [3.63, 3.8) is 0 Å². The fourth-order valence-electron chi connectivity index (χ4n) is 2.58. The maximum absolute atomic E-state index is 11.2. The van der Waals surface area contributed by atoms with Gasteiger partial charge in [-0.3, -0.25) is 4.79 Å². The number of piperidine rings is 1. The van der Waals surface area contributed by atoms with Crippen LogP contribution in [0.25, 0.3) is 0 Å². The maximum atomic E-state index is 11.2.